The Bertz CT molecular complexity index is 1330. The van der Waals surface area contributed by atoms with E-state index in [4.69, 9.17) is 9.47 Å². The molecule has 8 nitrogen and oxygen atoms in total. The Balaban J connectivity index is 1.36. The van der Waals surface area contributed by atoms with Crippen LogP contribution >= 0.6 is 0 Å². The lowest BCUT2D eigenvalue weighted by Crippen LogP contribution is -2.34. The molecule has 0 fully saturated rings. The van der Waals surface area contributed by atoms with Crippen molar-refractivity contribution >= 4 is 33.6 Å². The molecule has 9 heteroatoms. The zero-order chi connectivity index (χ0) is 23.4. The van der Waals surface area contributed by atoms with Gasteiger partial charge in [0, 0.05) is 11.3 Å². The van der Waals surface area contributed by atoms with Crippen molar-refractivity contribution < 1.29 is 27.5 Å². The first-order valence-electron chi connectivity index (χ1n) is 9.93. The predicted molar refractivity (Wildman–Crippen MR) is 123 cm³/mol. The number of carbonyl (C=O) groups excluding carboxylic acids is 2. The third-order valence-electron chi connectivity index (χ3n) is 4.81. The van der Waals surface area contributed by atoms with Crippen LogP contribution in [0.5, 0.6) is 11.5 Å². The van der Waals surface area contributed by atoms with Crippen molar-refractivity contribution in [1.29, 1.82) is 0 Å². The van der Waals surface area contributed by atoms with Crippen molar-refractivity contribution in [1.82, 2.24) is 4.72 Å². The third kappa shape index (κ3) is 5.39. The minimum Gasteiger partial charge on any atom is -0.454 e. The molecule has 33 heavy (non-hydrogen) atoms. The lowest BCUT2D eigenvalue weighted by atomic mass is 10.1. The molecular weight excluding hydrogens is 444 g/mol. The Morgan fingerprint density at radius 1 is 0.909 bits per heavy atom. The second-order valence-electron chi connectivity index (χ2n) is 7.26. The standard InChI is InChI=1S/C24H20N2O6S/c1-16-2-10-20(11-3-16)33(29,30)26-24(28)25-19-8-6-18(7-9-19)21(27)12-4-17-5-13-22-23(14-17)32-15-31-22/h2-14H,15H2,1H3,(H2,25,26,28)/b12-4+. The van der Waals surface area contributed by atoms with Gasteiger partial charge in [-0.15, -0.1) is 0 Å². The molecule has 2 N–H and O–H groups in total. The second kappa shape index (κ2) is 9.17. The molecule has 0 bridgehead atoms. The van der Waals surface area contributed by atoms with Crippen LogP contribution in [0.3, 0.4) is 0 Å². The molecule has 3 aromatic carbocycles. The second-order valence-corrected chi connectivity index (χ2v) is 8.94. The number of hydrogen-bond acceptors (Lipinski definition) is 6. The Hall–Kier alpha value is -4.11. The van der Waals surface area contributed by atoms with E-state index in [1.807, 2.05) is 17.7 Å². The van der Waals surface area contributed by atoms with E-state index in [0.29, 0.717) is 22.7 Å². The fourth-order valence-corrected chi connectivity index (χ4v) is 3.97. The quantitative estimate of drug-likeness (QED) is 0.419. The molecule has 0 aromatic heterocycles. The SMILES string of the molecule is Cc1ccc(S(=O)(=O)NC(=O)Nc2ccc(C(=O)/C=C/c3ccc4c(c3)OCO4)cc2)cc1. The van der Waals surface area contributed by atoms with Gasteiger partial charge in [0.1, 0.15) is 0 Å². The van der Waals surface area contributed by atoms with Crippen LogP contribution < -0.4 is 19.5 Å². The largest absolute Gasteiger partial charge is 0.454 e. The van der Waals surface area contributed by atoms with Crippen molar-refractivity contribution in [2.75, 3.05) is 12.1 Å². The number of fused-ring (bicyclic) bond motifs is 1. The molecular formula is C24H20N2O6S. The van der Waals surface area contributed by atoms with Gasteiger partial charge >= 0.3 is 6.03 Å². The average Bonchev–Trinajstić information content (AvgIpc) is 3.26. The number of aryl methyl sites for hydroxylation is 1. The number of amides is 2. The summed E-state index contributed by atoms with van der Waals surface area (Å²) in [5.74, 6) is 1.06. The maximum atomic E-state index is 12.4. The smallest absolute Gasteiger partial charge is 0.333 e. The fourth-order valence-electron chi connectivity index (χ4n) is 3.06. The van der Waals surface area contributed by atoms with Crippen molar-refractivity contribution in [3.63, 3.8) is 0 Å². The Morgan fingerprint density at radius 2 is 1.61 bits per heavy atom. The van der Waals surface area contributed by atoms with E-state index in [1.165, 1.54) is 42.5 Å². The lowest BCUT2D eigenvalue weighted by molar-refractivity contribution is 0.104. The molecule has 0 unspecified atom stereocenters. The van der Waals surface area contributed by atoms with E-state index < -0.39 is 16.1 Å². The van der Waals surface area contributed by atoms with Gasteiger partial charge in [0.25, 0.3) is 10.0 Å². The van der Waals surface area contributed by atoms with Crippen LogP contribution in [0, 0.1) is 6.92 Å². The molecule has 2 amide bonds. The first-order valence-corrected chi connectivity index (χ1v) is 11.4. The molecule has 0 atom stereocenters. The first-order chi connectivity index (χ1) is 15.8. The van der Waals surface area contributed by atoms with Crippen LogP contribution in [-0.4, -0.2) is 27.0 Å². The van der Waals surface area contributed by atoms with Gasteiger partial charge in [-0.1, -0.05) is 29.8 Å². The van der Waals surface area contributed by atoms with E-state index in [9.17, 15) is 18.0 Å². The summed E-state index contributed by atoms with van der Waals surface area (Å²) in [4.78, 5) is 24.5. The van der Waals surface area contributed by atoms with Crippen molar-refractivity contribution in [3.05, 3.63) is 89.5 Å². The van der Waals surface area contributed by atoms with Crippen LogP contribution in [0.2, 0.25) is 0 Å². The van der Waals surface area contributed by atoms with E-state index >= 15 is 0 Å². The molecule has 1 aliphatic heterocycles. The van der Waals surface area contributed by atoms with Gasteiger partial charge in [-0.05, 0) is 67.1 Å². The van der Waals surface area contributed by atoms with E-state index in [0.717, 1.165) is 11.1 Å². The number of anilines is 1. The molecule has 0 radical (unpaired) electrons. The van der Waals surface area contributed by atoms with Gasteiger partial charge in [0.15, 0.2) is 17.3 Å². The topological polar surface area (TPSA) is 111 Å². The highest BCUT2D eigenvalue weighted by Crippen LogP contribution is 2.32. The summed E-state index contributed by atoms with van der Waals surface area (Å²) in [5.41, 5.74) is 2.43. The number of nitrogens with one attached hydrogen (secondary N) is 2. The highest BCUT2D eigenvalue weighted by Gasteiger charge is 2.17. The minimum absolute atomic E-state index is 0.0153. The number of ether oxygens (including phenoxy) is 2. The number of rotatable bonds is 6. The number of sulfonamides is 1. The highest BCUT2D eigenvalue weighted by molar-refractivity contribution is 7.90. The molecule has 1 aliphatic rings. The van der Waals surface area contributed by atoms with Crippen LogP contribution in [-0.2, 0) is 10.0 Å². The van der Waals surface area contributed by atoms with Gasteiger partial charge in [0.2, 0.25) is 6.79 Å². The summed E-state index contributed by atoms with van der Waals surface area (Å²) in [6, 6.07) is 16.7. The number of ketones is 1. The molecule has 0 spiro atoms. The summed E-state index contributed by atoms with van der Waals surface area (Å²) in [6.07, 6.45) is 3.10. The number of carbonyl (C=O) groups is 2. The van der Waals surface area contributed by atoms with Crippen LogP contribution in [0.25, 0.3) is 6.08 Å². The summed E-state index contributed by atoms with van der Waals surface area (Å²) >= 11 is 0. The minimum atomic E-state index is -4.00. The lowest BCUT2D eigenvalue weighted by Gasteiger charge is -2.09. The van der Waals surface area contributed by atoms with Gasteiger partial charge in [-0.3, -0.25) is 4.79 Å². The van der Waals surface area contributed by atoms with E-state index in [1.54, 1.807) is 30.3 Å². The summed E-state index contributed by atoms with van der Waals surface area (Å²) in [6.45, 7) is 2.01. The Kier molecular flexibility index (Phi) is 6.14. The Morgan fingerprint density at radius 3 is 2.33 bits per heavy atom. The maximum absolute atomic E-state index is 12.4. The van der Waals surface area contributed by atoms with Crippen LogP contribution in [0.15, 0.2) is 77.7 Å². The molecule has 0 saturated heterocycles. The fraction of sp³-hybridized carbons (Fsp3) is 0.0833. The average molecular weight is 464 g/mol. The number of urea groups is 1. The summed E-state index contributed by atoms with van der Waals surface area (Å²) < 4.78 is 37.1. The summed E-state index contributed by atoms with van der Waals surface area (Å²) in [7, 11) is -4.00. The number of allylic oxidation sites excluding steroid dienone is 1. The number of benzene rings is 3. The molecule has 3 aromatic rings. The van der Waals surface area contributed by atoms with Gasteiger partial charge < -0.3 is 14.8 Å². The first kappa shape index (κ1) is 22.1. The van der Waals surface area contributed by atoms with Crippen LogP contribution in [0.4, 0.5) is 10.5 Å². The van der Waals surface area contributed by atoms with Crippen molar-refractivity contribution in [2.24, 2.45) is 0 Å². The molecule has 0 saturated carbocycles. The summed E-state index contributed by atoms with van der Waals surface area (Å²) in [5, 5.41) is 2.44. The van der Waals surface area contributed by atoms with Gasteiger partial charge in [0.05, 0.1) is 4.90 Å². The predicted octanol–water partition coefficient (Wildman–Crippen LogP) is 4.13. The molecule has 0 aliphatic carbocycles. The van der Waals surface area contributed by atoms with E-state index in [-0.39, 0.29) is 17.5 Å². The normalized spacial score (nSPS) is 12.5. The van der Waals surface area contributed by atoms with E-state index in [2.05, 4.69) is 5.32 Å². The molecule has 168 valence electrons. The molecule has 1 heterocycles. The van der Waals surface area contributed by atoms with Gasteiger partial charge in [-0.2, -0.15) is 0 Å². The monoisotopic (exact) mass is 464 g/mol. The van der Waals surface area contributed by atoms with Gasteiger partial charge in [-0.25, -0.2) is 17.9 Å². The van der Waals surface area contributed by atoms with Crippen LogP contribution in [0.1, 0.15) is 21.5 Å². The zero-order valence-corrected chi connectivity index (χ0v) is 18.4. The highest BCUT2D eigenvalue weighted by atomic mass is 32.2. The van der Waals surface area contributed by atoms with Crippen molar-refractivity contribution in [2.45, 2.75) is 11.8 Å². The number of hydrogen-bond donors (Lipinski definition) is 2. The Labute approximate surface area is 190 Å². The molecule has 4 rings (SSSR count). The van der Waals surface area contributed by atoms with Crippen molar-refractivity contribution in [3.8, 4) is 11.5 Å². The maximum Gasteiger partial charge on any atom is 0.333 e. The zero-order valence-electron chi connectivity index (χ0n) is 17.6. The third-order valence-corrected chi connectivity index (χ3v) is 6.16.